The number of unbranched alkanes of at least 4 members (excludes halogenated alkanes) is 7. The smallest absolute Gasteiger partial charge is 0.315 e. The molecule has 0 radical (unpaired) electrons. The number of fused-ring (bicyclic) bond motifs is 1. The van der Waals surface area contributed by atoms with E-state index in [1.54, 1.807) is 6.08 Å². The second-order valence-electron chi connectivity index (χ2n) is 12.1. The lowest BCUT2D eigenvalue weighted by atomic mass is 9.97. The van der Waals surface area contributed by atoms with E-state index in [0.717, 1.165) is 75.5 Å². The van der Waals surface area contributed by atoms with Crippen LogP contribution in [0.3, 0.4) is 0 Å². The van der Waals surface area contributed by atoms with Crippen molar-refractivity contribution in [3.05, 3.63) is 48.1 Å². The third-order valence-corrected chi connectivity index (χ3v) is 9.97. The molecule has 4 atom stereocenters. The summed E-state index contributed by atoms with van der Waals surface area (Å²) in [6.07, 6.45) is 28.0. The first-order valence-electron chi connectivity index (χ1n) is 16.9. The Morgan fingerprint density at radius 2 is 1.64 bits per heavy atom. The van der Waals surface area contributed by atoms with Gasteiger partial charge in [-0.2, -0.15) is 11.8 Å². The van der Waals surface area contributed by atoms with Gasteiger partial charge in [0.1, 0.15) is 0 Å². The normalized spacial score (nSPS) is 23.5. The van der Waals surface area contributed by atoms with Crippen molar-refractivity contribution in [1.82, 2.24) is 21.3 Å². The van der Waals surface area contributed by atoms with Crippen LogP contribution in [-0.4, -0.2) is 59.8 Å². The van der Waals surface area contributed by atoms with E-state index in [-0.39, 0.29) is 41.6 Å². The standard InChI is InChI=1S/C35H54N4O4S/c1-2-3-4-5-6-11-18-28-27(22-23-30(28)40)17-10-7-8-12-20-32(41)36-24-15-9-16-25-37-33(42)21-14-13-19-31-34-29(26-44-31)38-35(43)39-34/h6-7,10-11,18,22-23,27,29,31,34H,2-5,8-9,12-17,19-21,24-26H2,1H3,(H,36,41)(H,37,42)(H2,38,39,43)/b10-7-,11-6-,28-18+. The highest BCUT2D eigenvalue weighted by atomic mass is 32.2. The summed E-state index contributed by atoms with van der Waals surface area (Å²) in [5, 5.41) is 12.4. The molecular formula is C35H54N4O4S. The lowest BCUT2D eigenvalue weighted by Gasteiger charge is -2.16. The fourth-order valence-electron chi connectivity index (χ4n) is 5.85. The average molecular weight is 627 g/mol. The highest BCUT2D eigenvalue weighted by molar-refractivity contribution is 8.00. The topological polar surface area (TPSA) is 116 Å². The second kappa shape index (κ2) is 21.0. The van der Waals surface area contributed by atoms with Crippen molar-refractivity contribution >= 4 is 35.4 Å². The van der Waals surface area contributed by atoms with Crippen LogP contribution >= 0.6 is 11.8 Å². The zero-order valence-electron chi connectivity index (χ0n) is 26.6. The van der Waals surface area contributed by atoms with Gasteiger partial charge >= 0.3 is 6.03 Å². The van der Waals surface area contributed by atoms with Crippen molar-refractivity contribution in [3.8, 4) is 0 Å². The Balaban J connectivity index is 1.11. The van der Waals surface area contributed by atoms with Crippen LogP contribution in [0.2, 0.25) is 0 Å². The molecule has 0 aromatic rings. The van der Waals surface area contributed by atoms with E-state index < -0.39 is 0 Å². The summed E-state index contributed by atoms with van der Waals surface area (Å²) in [6.45, 7) is 3.55. The zero-order chi connectivity index (χ0) is 31.4. The van der Waals surface area contributed by atoms with Gasteiger partial charge in [-0.3, -0.25) is 14.4 Å². The number of ketones is 1. The highest BCUT2D eigenvalue weighted by Crippen LogP contribution is 2.33. The van der Waals surface area contributed by atoms with Gasteiger partial charge in [-0.15, -0.1) is 0 Å². The third-order valence-electron chi connectivity index (χ3n) is 8.46. The summed E-state index contributed by atoms with van der Waals surface area (Å²) in [6, 6.07) is 0.437. The number of allylic oxidation sites excluding steroid dienone is 8. The number of rotatable bonds is 22. The zero-order valence-corrected chi connectivity index (χ0v) is 27.4. The highest BCUT2D eigenvalue weighted by Gasteiger charge is 2.42. The molecule has 2 heterocycles. The summed E-state index contributed by atoms with van der Waals surface area (Å²) in [5.41, 5.74) is 0.867. The summed E-state index contributed by atoms with van der Waals surface area (Å²) < 4.78 is 0. The van der Waals surface area contributed by atoms with Crippen LogP contribution in [0.15, 0.2) is 48.1 Å². The van der Waals surface area contributed by atoms with Gasteiger partial charge in [0, 0.05) is 48.4 Å². The number of amides is 4. The Bertz CT molecular complexity index is 1050. The molecule has 3 rings (SSSR count). The van der Waals surface area contributed by atoms with E-state index in [4.69, 9.17) is 0 Å². The van der Waals surface area contributed by atoms with E-state index in [9.17, 15) is 19.2 Å². The number of nitrogens with one attached hydrogen (secondary N) is 4. The van der Waals surface area contributed by atoms with Gasteiger partial charge in [-0.25, -0.2) is 4.79 Å². The third kappa shape index (κ3) is 13.4. The molecule has 2 aliphatic heterocycles. The molecule has 2 fully saturated rings. The molecular weight excluding hydrogens is 572 g/mol. The molecule has 1 aliphatic carbocycles. The Hall–Kier alpha value is -2.81. The van der Waals surface area contributed by atoms with Crippen molar-refractivity contribution in [2.75, 3.05) is 18.8 Å². The average Bonchev–Trinajstić information content (AvgIpc) is 3.68. The molecule has 4 N–H and O–H groups in total. The van der Waals surface area contributed by atoms with E-state index in [1.807, 2.05) is 30.0 Å². The maximum atomic E-state index is 12.2. The lowest BCUT2D eigenvalue weighted by Crippen LogP contribution is -2.36. The first kappa shape index (κ1) is 35.7. The second-order valence-corrected chi connectivity index (χ2v) is 13.4. The molecule has 44 heavy (non-hydrogen) atoms. The first-order valence-corrected chi connectivity index (χ1v) is 18.0. The molecule has 3 aliphatic rings. The molecule has 0 aromatic heterocycles. The van der Waals surface area contributed by atoms with Crippen molar-refractivity contribution in [3.63, 3.8) is 0 Å². The van der Waals surface area contributed by atoms with Crippen LogP contribution in [0.4, 0.5) is 4.79 Å². The maximum absolute atomic E-state index is 12.2. The quantitative estimate of drug-likeness (QED) is 0.0506. The number of carbonyl (C=O) groups excluding carboxylic acids is 4. The van der Waals surface area contributed by atoms with E-state index >= 15 is 0 Å². The van der Waals surface area contributed by atoms with E-state index in [0.29, 0.717) is 31.2 Å². The largest absolute Gasteiger partial charge is 0.356 e. The predicted molar refractivity (Wildman–Crippen MR) is 180 cm³/mol. The molecule has 4 amide bonds. The van der Waals surface area contributed by atoms with Gasteiger partial charge in [0.05, 0.1) is 12.1 Å². The molecule has 0 bridgehead atoms. The minimum atomic E-state index is -0.0521. The summed E-state index contributed by atoms with van der Waals surface area (Å²) >= 11 is 1.91. The number of hydrogen-bond acceptors (Lipinski definition) is 5. The summed E-state index contributed by atoms with van der Waals surface area (Å²) in [5.74, 6) is 1.42. The molecule has 0 spiro atoms. The number of hydrogen-bond donors (Lipinski definition) is 4. The lowest BCUT2D eigenvalue weighted by molar-refractivity contribution is -0.121. The van der Waals surface area contributed by atoms with Crippen molar-refractivity contribution in [1.29, 1.82) is 0 Å². The molecule has 8 nitrogen and oxygen atoms in total. The molecule has 0 aromatic carbocycles. The predicted octanol–water partition coefficient (Wildman–Crippen LogP) is 6.05. The maximum Gasteiger partial charge on any atom is 0.315 e. The molecule has 2 saturated heterocycles. The summed E-state index contributed by atoms with van der Waals surface area (Å²) in [4.78, 5) is 47.9. The van der Waals surface area contributed by atoms with Crippen LogP contribution in [0.5, 0.6) is 0 Å². The van der Waals surface area contributed by atoms with Crippen LogP contribution in [-0.2, 0) is 14.4 Å². The number of carbonyl (C=O) groups is 4. The van der Waals surface area contributed by atoms with Crippen molar-refractivity contribution in [2.45, 2.75) is 121 Å². The monoisotopic (exact) mass is 626 g/mol. The van der Waals surface area contributed by atoms with Crippen LogP contribution in [0.25, 0.3) is 0 Å². The van der Waals surface area contributed by atoms with Crippen LogP contribution in [0, 0.1) is 5.92 Å². The Labute approximate surface area is 268 Å². The SMILES string of the molecule is CCCCC/C=C\C=C1\C(=O)C=CC1C/C=C\CCCC(=O)NCCCCCNC(=O)CCCCC1SCC2NC(=O)NC21. The van der Waals surface area contributed by atoms with Gasteiger partial charge in [-0.1, -0.05) is 62.6 Å². The van der Waals surface area contributed by atoms with Crippen molar-refractivity contribution in [2.24, 2.45) is 5.92 Å². The molecule has 244 valence electrons. The van der Waals surface area contributed by atoms with E-state index in [1.165, 1.54) is 19.3 Å². The fourth-order valence-corrected chi connectivity index (χ4v) is 7.40. The molecule has 0 saturated carbocycles. The Morgan fingerprint density at radius 3 is 2.41 bits per heavy atom. The van der Waals surface area contributed by atoms with Crippen molar-refractivity contribution < 1.29 is 19.2 Å². The summed E-state index contributed by atoms with van der Waals surface area (Å²) in [7, 11) is 0. The fraction of sp³-hybridized carbons (Fsp3) is 0.657. The van der Waals surface area contributed by atoms with Gasteiger partial charge < -0.3 is 21.3 Å². The Kier molecular flexibility index (Phi) is 17.0. The van der Waals surface area contributed by atoms with E-state index in [2.05, 4.69) is 46.4 Å². The Morgan fingerprint density at radius 1 is 0.886 bits per heavy atom. The number of thioether (sulfide) groups is 1. The number of urea groups is 1. The van der Waals surface area contributed by atoms with Gasteiger partial charge in [0.15, 0.2) is 5.78 Å². The minimum Gasteiger partial charge on any atom is -0.356 e. The minimum absolute atomic E-state index is 0.0521. The first-order chi connectivity index (χ1) is 21.5. The van der Waals surface area contributed by atoms with Crippen LogP contribution < -0.4 is 21.3 Å². The molecule has 4 unspecified atom stereocenters. The molecule has 9 heteroatoms. The van der Waals surface area contributed by atoms with Gasteiger partial charge in [0.2, 0.25) is 11.8 Å². The van der Waals surface area contributed by atoms with Gasteiger partial charge in [0.25, 0.3) is 0 Å². The van der Waals surface area contributed by atoms with Gasteiger partial charge in [-0.05, 0) is 70.3 Å². The van der Waals surface area contributed by atoms with Crippen LogP contribution in [0.1, 0.15) is 103 Å².